The van der Waals surface area contributed by atoms with Crippen molar-refractivity contribution in [3.63, 3.8) is 0 Å². The third kappa shape index (κ3) is 4.28. The molecule has 140 valence electrons. The number of carbonyl (C=O) groups is 2. The Labute approximate surface area is 151 Å². The molecule has 7 nitrogen and oxygen atoms in total. The number of hydrogen-bond donors (Lipinski definition) is 2. The van der Waals surface area contributed by atoms with E-state index in [2.05, 4.69) is 4.98 Å². The lowest BCUT2D eigenvalue weighted by atomic mass is 10.1. The number of carboxylic acids is 1. The largest absolute Gasteiger partial charge is 0.490 e. The van der Waals surface area contributed by atoms with E-state index in [0.29, 0.717) is 18.8 Å². The van der Waals surface area contributed by atoms with E-state index in [9.17, 15) is 9.59 Å². The molecule has 0 atom stereocenters. The SMILES string of the molecule is CC(C)(C)OC(=O)N1CCC(Oc2ccc3cc(C(=O)O)[nH]c3c2)CC1. The Bertz CT molecular complexity index is 813. The van der Waals surface area contributed by atoms with E-state index in [1.807, 2.05) is 39.0 Å². The molecule has 1 aromatic carbocycles. The van der Waals surface area contributed by atoms with Gasteiger partial charge in [-0.1, -0.05) is 0 Å². The highest BCUT2D eigenvalue weighted by atomic mass is 16.6. The molecule has 1 aliphatic heterocycles. The number of aromatic nitrogens is 1. The topological polar surface area (TPSA) is 91.9 Å². The Morgan fingerprint density at radius 1 is 1.19 bits per heavy atom. The Morgan fingerprint density at radius 2 is 1.88 bits per heavy atom. The molecule has 0 bridgehead atoms. The predicted molar refractivity (Wildman–Crippen MR) is 96.7 cm³/mol. The van der Waals surface area contributed by atoms with Crippen LogP contribution >= 0.6 is 0 Å². The van der Waals surface area contributed by atoms with Crippen LogP contribution in [0.5, 0.6) is 5.75 Å². The summed E-state index contributed by atoms with van der Waals surface area (Å²) in [5, 5.41) is 9.88. The summed E-state index contributed by atoms with van der Waals surface area (Å²) < 4.78 is 11.4. The highest BCUT2D eigenvalue weighted by Crippen LogP contribution is 2.25. The molecular formula is C19H24N2O5. The van der Waals surface area contributed by atoms with E-state index >= 15 is 0 Å². The first-order chi connectivity index (χ1) is 12.2. The Morgan fingerprint density at radius 3 is 2.50 bits per heavy atom. The van der Waals surface area contributed by atoms with Gasteiger partial charge in [-0.25, -0.2) is 9.59 Å². The zero-order valence-electron chi connectivity index (χ0n) is 15.2. The van der Waals surface area contributed by atoms with Gasteiger partial charge in [-0.2, -0.15) is 0 Å². The van der Waals surface area contributed by atoms with E-state index in [1.165, 1.54) is 0 Å². The van der Waals surface area contributed by atoms with Crippen molar-refractivity contribution in [1.29, 1.82) is 0 Å². The molecule has 0 radical (unpaired) electrons. The van der Waals surface area contributed by atoms with Gasteiger partial charge in [0.1, 0.15) is 23.1 Å². The number of hydrogen-bond acceptors (Lipinski definition) is 4. The normalized spacial score (nSPS) is 15.9. The fourth-order valence-corrected chi connectivity index (χ4v) is 2.97. The van der Waals surface area contributed by atoms with Crippen molar-refractivity contribution >= 4 is 23.0 Å². The quantitative estimate of drug-likeness (QED) is 0.872. The van der Waals surface area contributed by atoms with Crippen molar-refractivity contribution in [3.8, 4) is 5.75 Å². The maximum atomic E-state index is 12.1. The summed E-state index contributed by atoms with van der Waals surface area (Å²) in [6.07, 6.45) is 1.18. The molecule has 0 saturated carbocycles. The van der Waals surface area contributed by atoms with Gasteiger partial charge in [-0.15, -0.1) is 0 Å². The molecule has 26 heavy (non-hydrogen) atoms. The average Bonchev–Trinajstić information content (AvgIpc) is 2.97. The van der Waals surface area contributed by atoms with Crippen molar-refractivity contribution in [1.82, 2.24) is 9.88 Å². The number of nitrogens with one attached hydrogen (secondary N) is 1. The van der Waals surface area contributed by atoms with Crippen LogP contribution in [-0.2, 0) is 4.74 Å². The van der Waals surface area contributed by atoms with Gasteiger partial charge >= 0.3 is 12.1 Å². The molecule has 0 unspecified atom stereocenters. The highest BCUT2D eigenvalue weighted by molar-refractivity contribution is 5.94. The highest BCUT2D eigenvalue weighted by Gasteiger charge is 2.27. The van der Waals surface area contributed by atoms with Crippen molar-refractivity contribution < 1.29 is 24.2 Å². The van der Waals surface area contributed by atoms with Crippen molar-refractivity contribution in [2.75, 3.05) is 13.1 Å². The van der Waals surface area contributed by atoms with Crippen LogP contribution < -0.4 is 4.74 Å². The smallest absolute Gasteiger partial charge is 0.410 e. The minimum Gasteiger partial charge on any atom is -0.490 e. The van der Waals surface area contributed by atoms with Gasteiger partial charge in [0.05, 0.1) is 0 Å². The minimum absolute atomic E-state index is 0.0139. The molecule has 1 amide bonds. The number of benzene rings is 1. The van der Waals surface area contributed by atoms with Gasteiger partial charge in [0, 0.05) is 42.9 Å². The summed E-state index contributed by atoms with van der Waals surface area (Å²) >= 11 is 0. The number of carbonyl (C=O) groups excluding carboxylic acids is 1. The first kappa shape index (κ1) is 18.1. The fourth-order valence-electron chi connectivity index (χ4n) is 2.97. The number of likely N-dealkylation sites (tertiary alicyclic amines) is 1. The third-order valence-electron chi connectivity index (χ3n) is 4.22. The van der Waals surface area contributed by atoms with Crippen LogP contribution in [0.4, 0.5) is 4.79 Å². The number of amides is 1. The second-order valence-electron chi connectivity index (χ2n) is 7.52. The van der Waals surface area contributed by atoms with Crippen LogP contribution in [0.3, 0.4) is 0 Å². The standard InChI is InChI=1S/C19H24N2O5/c1-19(2,3)26-18(24)21-8-6-13(7-9-21)25-14-5-4-12-10-16(17(22)23)20-15(12)11-14/h4-5,10-11,13,20H,6-9H2,1-3H3,(H,22,23). The molecular weight excluding hydrogens is 336 g/mol. The summed E-state index contributed by atoms with van der Waals surface area (Å²) in [5.74, 6) is -0.301. The fraction of sp³-hybridized carbons (Fsp3) is 0.474. The van der Waals surface area contributed by atoms with E-state index in [4.69, 9.17) is 14.6 Å². The van der Waals surface area contributed by atoms with E-state index < -0.39 is 11.6 Å². The van der Waals surface area contributed by atoms with Crippen LogP contribution in [0.2, 0.25) is 0 Å². The van der Waals surface area contributed by atoms with E-state index in [0.717, 1.165) is 23.7 Å². The maximum Gasteiger partial charge on any atom is 0.410 e. The van der Waals surface area contributed by atoms with Gasteiger partial charge in [0.15, 0.2) is 0 Å². The molecule has 2 aromatic rings. The Kier molecular flexibility index (Phi) is 4.80. The van der Waals surface area contributed by atoms with Crippen LogP contribution in [-0.4, -0.2) is 51.8 Å². The zero-order chi connectivity index (χ0) is 18.9. The minimum atomic E-state index is -0.988. The van der Waals surface area contributed by atoms with Crippen molar-refractivity contribution in [2.45, 2.75) is 45.3 Å². The third-order valence-corrected chi connectivity index (χ3v) is 4.22. The first-order valence-corrected chi connectivity index (χ1v) is 8.72. The summed E-state index contributed by atoms with van der Waals surface area (Å²) in [6.45, 7) is 6.74. The van der Waals surface area contributed by atoms with Crippen LogP contribution in [0, 0.1) is 0 Å². The van der Waals surface area contributed by atoms with Gasteiger partial charge in [0.25, 0.3) is 0 Å². The number of nitrogens with zero attached hydrogens (tertiary/aromatic N) is 1. The van der Waals surface area contributed by atoms with Crippen molar-refractivity contribution in [2.24, 2.45) is 0 Å². The number of H-pyrrole nitrogens is 1. The molecule has 1 aromatic heterocycles. The summed E-state index contributed by atoms with van der Waals surface area (Å²) in [5.41, 5.74) is 0.388. The number of rotatable bonds is 3. The molecule has 0 spiro atoms. The number of aromatic carboxylic acids is 1. The molecule has 1 fully saturated rings. The number of ether oxygens (including phenoxy) is 2. The molecule has 1 aliphatic rings. The second kappa shape index (κ2) is 6.90. The van der Waals surface area contributed by atoms with Crippen LogP contribution in [0.15, 0.2) is 24.3 Å². The number of aromatic amines is 1. The van der Waals surface area contributed by atoms with Gasteiger partial charge in [-0.3, -0.25) is 0 Å². The number of carboxylic acid groups (broad SMARTS) is 1. The zero-order valence-corrected chi connectivity index (χ0v) is 15.2. The number of fused-ring (bicyclic) bond motifs is 1. The molecule has 2 heterocycles. The first-order valence-electron chi connectivity index (χ1n) is 8.72. The monoisotopic (exact) mass is 360 g/mol. The van der Waals surface area contributed by atoms with Crippen LogP contribution in [0.25, 0.3) is 10.9 Å². The molecule has 3 rings (SSSR count). The Hall–Kier alpha value is -2.70. The van der Waals surface area contributed by atoms with Gasteiger partial charge in [-0.05, 0) is 39.0 Å². The van der Waals surface area contributed by atoms with Gasteiger partial charge < -0.3 is 24.5 Å². The van der Waals surface area contributed by atoms with Crippen molar-refractivity contribution in [3.05, 3.63) is 30.0 Å². The number of piperidine rings is 1. The maximum absolute atomic E-state index is 12.1. The lowest BCUT2D eigenvalue weighted by Gasteiger charge is -2.33. The average molecular weight is 360 g/mol. The van der Waals surface area contributed by atoms with E-state index in [-0.39, 0.29) is 17.9 Å². The lowest BCUT2D eigenvalue weighted by Crippen LogP contribution is -2.44. The molecule has 2 N–H and O–H groups in total. The molecule has 0 aliphatic carbocycles. The predicted octanol–water partition coefficient (Wildman–Crippen LogP) is 3.64. The van der Waals surface area contributed by atoms with Gasteiger partial charge in [0.2, 0.25) is 0 Å². The summed E-state index contributed by atoms with van der Waals surface area (Å²) in [7, 11) is 0. The molecule has 1 saturated heterocycles. The van der Waals surface area contributed by atoms with E-state index in [1.54, 1.807) is 11.0 Å². The molecule has 7 heteroatoms. The lowest BCUT2D eigenvalue weighted by molar-refractivity contribution is 0.0126. The summed E-state index contributed by atoms with van der Waals surface area (Å²) in [6, 6.07) is 7.08. The second-order valence-corrected chi connectivity index (χ2v) is 7.52. The van der Waals surface area contributed by atoms with Crippen LogP contribution in [0.1, 0.15) is 44.1 Å². The Balaban J connectivity index is 1.58. The summed E-state index contributed by atoms with van der Waals surface area (Å²) in [4.78, 5) is 27.7.